The summed E-state index contributed by atoms with van der Waals surface area (Å²) in [7, 11) is 1.54. The van der Waals surface area contributed by atoms with Gasteiger partial charge in [0.25, 0.3) is 0 Å². The summed E-state index contributed by atoms with van der Waals surface area (Å²) in [5, 5.41) is 34.0. The smallest absolute Gasteiger partial charge is 0.239 e. The summed E-state index contributed by atoms with van der Waals surface area (Å²) in [6.07, 6.45) is 14.7. The molecule has 3 aliphatic carbocycles. The third kappa shape index (κ3) is 10.6. The number of halogens is 1. The zero-order valence-corrected chi connectivity index (χ0v) is 34.8. The summed E-state index contributed by atoms with van der Waals surface area (Å²) in [4.78, 5) is 22.2. The molecule has 0 radical (unpaired) electrons. The Hall–Kier alpha value is -3.81. The van der Waals surface area contributed by atoms with Crippen LogP contribution in [0.4, 0.5) is 4.39 Å². The molecular formula is C47H65FN2O9. The third-order valence-corrected chi connectivity index (χ3v) is 12.8. The van der Waals surface area contributed by atoms with Crippen LogP contribution in [0.2, 0.25) is 0 Å². The second kappa shape index (κ2) is 22.2. The van der Waals surface area contributed by atoms with Crippen molar-refractivity contribution in [2.45, 2.75) is 108 Å². The van der Waals surface area contributed by atoms with E-state index in [1.54, 1.807) is 24.3 Å². The van der Waals surface area contributed by atoms with Gasteiger partial charge in [-0.25, -0.2) is 4.39 Å². The Bertz CT molecular complexity index is 1730. The van der Waals surface area contributed by atoms with Crippen molar-refractivity contribution in [3.63, 3.8) is 0 Å². The Kier molecular flexibility index (Phi) is 16.8. The highest BCUT2D eigenvalue weighted by molar-refractivity contribution is 6.03. The van der Waals surface area contributed by atoms with Crippen LogP contribution in [0.1, 0.15) is 101 Å². The van der Waals surface area contributed by atoms with Gasteiger partial charge in [0.05, 0.1) is 38.1 Å². The molecule has 6 atom stereocenters. The maximum absolute atomic E-state index is 14.7. The molecule has 12 heteroatoms. The molecule has 11 nitrogen and oxygen atoms in total. The molecule has 0 bridgehead atoms. The standard InChI is InChI=1S/C47H65FN2O9/c1-3-26-58-47-43(50(22-27-56-28-25-53)44(54)21-18-33-12-4-5-13-33)31-41(49-55-2)38-29-34(14-8-10-23-51)37(16-9-11-24-52)45(46(38)47)39-30-36(19-20-42(39)59-47)57-32-35-15-6-7-17-40(35)48/h3,6-7,15,17,19-20,29-30,33-34,37,43,45-46,51-53H,1,4-5,8-14,16,18,21-28,31-32H2,2H3/t34-,37+,43-,45+,46+,47+/m0/s1. The van der Waals surface area contributed by atoms with E-state index < -0.39 is 17.7 Å². The van der Waals surface area contributed by atoms with Gasteiger partial charge in [-0.05, 0) is 79.7 Å². The molecule has 0 saturated heterocycles. The first kappa shape index (κ1) is 44.7. The van der Waals surface area contributed by atoms with Gasteiger partial charge in [-0.1, -0.05) is 74.0 Å². The molecule has 1 heterocycles. The second-order valence-corrected chi connectivity index (χ2v) is 16.4. The van der Waals surface area contributed by atoms with Gasteiger partial charge in [0, 0.05) is 49.6 Å². The Balaban J connectivity index is 1.51. The van der Waals surface area contributed by atoms with Crippen molar-refractivity contribution < 1.29 is 48.3 Å². The van der Waals surface area contributed by atoms with Crippen LogP contribution >= 0.6 is 0 Å². The molecule has 1 amide bonds. The van der Waals surface area contributed by atoms with E-state index in [-0.39, 0.29) is 82.3 Å². The van der Waals surface area contributed by atoms with Gasteiger partial charge >= 0.3 is 0 Å². The number of fused-ring (bicyclic) bond motifs is 2. The number of oxime groups is 1. The van der Waals surface area contributed by atoms with E-state index in [4.69, 9.17) is 23.8 Å². The SMILES string of the molecule is C=CCO[C@@]12Oc3ccc(OCc4ccccc4F)cc3[C@H]3[C@H](CCCCO)[C@@H](CCCCO)C=C(C(=NOC)C[C@@H]1N(CCOCCO)C(=O)CCC1CCCC1)[C@H]32. The van der Waals surface area contributed by atoms with Crippen molar-refractivity contribution in [3.05, 3.63) is 83.7 Å². The van der Waals surface area contributed by atoms with Crippen LogP contribution in [0, 0.1) is 29.5 Å². The van der Waals surface area contributed by atoms with E-state index in [1.807, 2.05) is 23.1 Å². The normalized spacial score (nSPS) is 25.5. The number of aliphatic hydroxyl groups excluding tert-OH is 3. The highest BCUT2D eigenvalue weighted by Gasteiger charge is 2.65. The van der Waals surface area contributed by atoms with E-state index in [2.05, 4.69) is 17.8 Å². The molecule has 59 heavy (non-hydrogen) atoms. The minimum Gasteiger partial charge on any atom is -0.489 e. The van der Waals surface area contributed by atoms with Crippen LogP contribution in [0.3, 0.4) is 0 Å². The van der Waals surface area contributed by atoms with Crippen LogP contribution in [0.15, 0.2) is 71.9 Å². The minimum atomic E-state index is -1.38. The maximum atomic E-state index is 14.7. The van der Waals surface area contributed by atoms with Gasteiger partial charge in [0.1, 0.15) is 37.1 Å². The number of carbonyl (C=O) groups excluding carboxylic acids is 1. The van der Waals surface area contributed by atoms with Crippen LogP contribution in [0.5, 0.6) is 11.5 Å². The van der Waals surface area contributed by atoms with E-state index in [0.717, 1.165) is 61.8 Å². The topological polar surface area (TPSA) is 140 Å². The molecule has 6 rings (SSSR count). The summed E-state index contributed by atoms with van der Waals surface area (Å²) in [6, 6.07) is 11.7. The number of aliphatic hydroxyl groups is 3. The highest BCUT2D eigenvalue weighted by Crippen LogP contribution is 2.62. The average molecular weight is 821 g/mol. The molecule has 2 fully saturated rings. The Morgan fingerprint density at radius 2 is 1.80 bits per heavy atom. The van der Waals surface area contributed by atoms with Gasteiger partial charge in [-0.2, -0.15) is 0 Å². The molecular weight excluding hydrogens is 756 g/mol. The summed E-state index contributed by atoms with van der Waals surface area (Å²) >= 11 is 0. The van der Waals surface area contributed by atoms with Gasteiger partial charge in [-0.15, -0.1) is 6.58 Å². The van der Waals surface area contributed by atoms with Gasteiger partial charge < -0.3 is 44.0 Å². The number of carbonyl (C=O) groups is 1. The summed E-state index contributed by atoms with van der Waals surface area (Å²) in [6.45, 7) is 4.91. The van der Waals surface area contributed by atoms with E-state index in [0.29, 0.717) is 48.7 Å². The van der Waals surface area contributed by atoms with Gasteiger partial charge in [0.2, 0.25) is 11.7 Å². The van der Waals surface area contributed by atoms with Crippen molar-refractivity contribution in [1.29, 1.82) is 0 Å². The van der Waals surface area contributed by atoms with Gasteiger partial charge in [-0.3, -0.25) is 4.79 Å². The van der Waals surface area contributed by atoms with Crippen molar-refractivity contribution >= 4 is 11.6 Å². The molecule has 1 aliphatic heterocycles. The number of amides is 1. The maximum Gasteiger partial charge on any atom is 0.239 e. The fraction of sp³-hybridized carbons (Fsp3) is 0.617. The quantitative estimate of drug-likeness (QED) is 0.0559. The Labute approximate surface area is 349 Å². The minimum absolute atomic E-state index is 0.0136. The van der Waals surface area contributed by atoms with Crippen molar-refractivity contribution in [1.82, 2.24) is 4.90 Å². The molecule has 324 valence electrons. The number of ether oxygens (including phenoxy) is 4. The largest absolute Gasteiger partial charge is 0.489 e. The third-order valence-electron chi connectivity index (χ3n) is 12.8. The Morgan fingerprint density at radius 1 is 1.02 bits per heavy atom. The molecule has 4 aliphatic rings. The predicted molar refractivity (Wildman–Crippen MR) is 224 cm³/mol. The van der Waals surface area contributed by atoms with Crippen molar-refractivity contribution in [2.75, 3.05) is 53.3 Å². The van der Waals surface area contributed by atoms with E-state index in [1.165, 1.54) is 26.0 Å². The zero-order chi connectivity index (χ0) is 41.6. The van der Waals surface area contributed by atoms with Crippen LogP contribution in [-0.2, 0) is 25.7 Å². The average Bonchev–Trinajstić information content (AvgIpc) is 3.78. The first-order chi connectivity index (χ1) is 28.9. The number of rotatable bonds is 24. The number of hydrogen-bond donors (Lipinski definition) is 3. The lowest BCUT2D eigenvalue weighted by Crippen LogP contribution is -2.70. The first-order valence-electron chi connectivity index (χ1n) is 21.8. The molecule has 3 N–H and O–H groups in total. The van der Waals surface area contributed by atoms with Crippen LogP contribution in [0.25, 0.3) is 0 Å². The fourth-order valence-electron chi connectivity index (χ4n) is 10.2. The summed E-state index contributed by atoms with van der Waals surface area (Å²) in [5.41, 5.74) is 3.04. The van der Waals surface area contributed by atoms with Crippen LogP contribution in [-0.4, -0.2) is 97.0 Å². The lowest BCUT2D eigenvalue weighted by Gasteiger charge is -2.60. The lowest BCUT2D eigenvalue weighted by molar-refractivity contribution is -0.258. The molecule has 2 aromatic rings. The number of nitrogens with zero attached hydrogens (tertiary/aromatic N) is 2. The molecule has 0 aromatic heterocycles. The summed E-state index contributed by atoms with van der Waals surface area (Å²) in [5.74, 6) is -0.581. The Morgan fingerprint density at radius 3 is 2.53 bits per heavy atom. The molecule has 2 saturated carbocycles. The number of unbranched alkanes of at least 4 members (excludes halogenated alkanes) is 2. The predicted octanol–water partition coefficient (Wildman–Crippen LogP) is 7.48. The zero-order valence-electron chi connectivity index (χ0n) is 34.8. The van der Waals surface area contributed by atoms with E-state index >= 15 is 0 Å². The fourth-order valence-corrected chi connectivity index (χ4v) is 10.2. The monoisotopic (exact) mass is 820 g/mol. The lowest BCUT2D eigenvalue weighted by atomic mass is 9.55. The van der Waals surface area contributed by atoms with Crippen LogP contribution < -0.4 is 9.47 Å². The number of hydrogen-bond acceptors (Lipinski definition) is 10. The van der Waals surface area contributed by atoms with Gasteiger partial charge in [0.15, 0.2) is 0 Å². The second-order valence-electron chi connectivity index (χ2n) is 16.4. The van der Waals surface area contributed by atoms with Crippen molar-refractivity contribution in [3.8, 4) is 11.5 Å². The molecule has 0 unspecified atom stereocenters. The number of allylic oxidation sites excluding steroid dienone is 1. The first-order valence-corrected chi connectivity index (χ1v) is 21.8. The highest BCUT2D eigenvalue weighted by atomic mass is 19.1. The van der Waals surface area contributed by atoms with E-state index in [9.17, 15) is 24.5 Å². The van der Waals surface area contributed by atoms with Crippen molar-refractivity contribution in [2.24, 2.45) is 28.8 Å². The molecule has 2 aromatic carbocycles. The number of benzene rings is 2. The molecule has 0 spiro atoms. The summed E-state index contributed by atoms with van der Waals surface area (Å²) < 4.78 is 41.2.